The molecule has 98 valence electrons. The van der Waals surface area contributed by atoms with Crippen LogP contribution in [0.1, 0.15) is 58.3 Å². The highest BCUT2D eigenvalue weighted by Gasteiger charge is 2.23. The van der Waals surface area contributed by atoms with Crippen LogP contribution in [0.3, 0.4) is 0 Å². The van der Waals surface area contributed by atoms with Gasteiger partial charge in [0.05, 0.1) is 0 Å². The fourth-order valence-corrected chi connectivity index (χ4v) is 3.12. The van der Waals surface area contributed by atoms with Crippen LogP contribution in [0.15, 0.2) is 0 Å². The minimum Gasteiger partial charge on any atom is -0.338 e. The van der Waals surface area contributed by atoms with Crippen LogP contribution in [-0.4, -0.2) is 30.1 Å². The molecule has 1 unspecified atom stereocenters. The molecule has 0 bridgehead atoms. The Morgan fingerprint density at radius 1 is 1.12 bits per heavy atom. The summed E-state index contributed by atoms with van der Waals surface area (Å²) >= 11 is 0. The van der Waals surface area contributed by atoms with E-state index in [1.54, 1.807) is 0 Å². The summed E-state index contributed by atoms with van der Waals surface area (Å²) in [6.07, 6.45) is 10.3. The smallest absolute Gasteiger partial charge is 0.317 e. The van der Waals surface area contributed by atoms with Gasteiger partial charge in [0.2, 0.25) is 0 Å². The number of rotatable bonds is 2. The Morgan fingerprint density at radius 2 is 1.82 bits per heavy atom. The molecule has 1 N–H and O–H groups in total. The fraction of sp³-hybridized carbons (Fsp3) is 0.929. The monoisotopic (exact) mass is 238 g/mol. The summed E-state index contributed by atoms with van der Waals surface area (Å²) in [4.78, 5) is 14.1. The van der Waals surface area contributed by atoms with Crippen LogP contribution in [0.25, 0.3) is 0 Å². The van der Waals surface area contributed by atoms with E-state index in [2.05, 4.69) is 12.2 Å². The molecule has 1 saturated heterocycles. The Morgan fingerprint density at radius 3 is 2.53 bits per heavy atom. The fourth-order valence-electron chi connectivity index (χ4n) is 3.12. The Hall–Kier alpha value is -0.730. The predicted octanol–water partition coefficient (Wildman–Crippen LogP) is 3.15. The Kier molecular flexibility index (Phi) is 4.69. The summed E-state index contributed by atoms with van der Waals surface area (Å²) in [6, 6.07) is 0.595. The van der Waals surface area contributed by atoms with E-state index >= 15 is 0 Å². The van der Waals surface area contributed by atoms with Gasteiger partial charge >= 0.3 is 6.03 Å². The second kappa shape index (κ2) is 6.27. The maximum Gasteiger partial charge on any atom is 0.317 e. The van der Waals surface area contributed by atoms with Crippen molar-refractivity contribution in [1.82, 2.24) is 10.2 Å². The lowest BCUT2D eigenvalue weighted by atomic mass is 9.89. The van der Waals surface area contributed by atoms with Gasteiger partial charge in [0.1, 0.15) is 0 Å². The normalized spacial score (nSPS) is 26.9. The van der Waals surface area contributed by atoms with Crippen molar-refractivity contribution in [2.45, 2.75) is 64.3 Å². The van der Waals surface area contributed by atoms with Gasteiger partial charge in [0, 0.05) is 19.1 Å². The quantitative estimate of drug-likeness (QED) is 0.787. The molecule has 0 aromatic heterocycles. The van der Waals surface area contributed by atoms with Gasteiger partial charge in [0.15, 0.2) is 0 Å². The third-order valence-electron chi connectivity index (χ3n) is 4.33. The number of nitrogens with zero attached hydrogens (tertiary/aromatic N) is 1. The van der Waals surface area contributed by atoms with Gasteiger partial charge in [-0.1, -0.05) is 19.3 Å². The SMILES string of the molecule is CC1CCCCN1C(=O)NCC1CCCCC1. The van der Waals surface area contributed by atoms with Gasteiger partial charge in [-0.25, -0.2) is 4.79 Å². The highest BCUT2D eigenvalue weighted by atomic mass is 16.2. The van der Waals surface area contributed by atoms with Crippen LogP contribution in [0.4, 0.5) is 4.79 Å². The molecule has 0 radical (unpaired) electrons. The molecule has 2 rings (SSSR count). The van der Waals surface area contributed by atoms with Crippen molar-refractivity contribution in [2.24, 2.45) is 5.92 Å². The molecule has 1 saturated carbocycles. The minimum absolute atomic E-state index is 0.169. The molecule has 2 fully saturated rings. The lowest BCUT2D eigenvalue weighted by Crippen LogP contribution is -2.48. The van der Waals surface area contributed by atoms with Gasteiger partial charge in [-0.3, -0.25) is 0 Å². The second-order valence-electron chi connectivity index (χ2n) is 5.73. The average molecular weight is 238 g/mol. The Labute approximate surface area is 105 Å². The minimum atomic E-state index is 0.169. The average Bonchev–Trinajstić information content (AvgIpc) is 2.38. The van der Waals surface area contributed by atoms with E-state index < -0.39 is 0 Å². The molecular weight excluding hydrogens is 212 g/mol. The lowest BCUT2D eigenvalue weighted by Gasteiger charge is -2.34. The van der Waals surface area contributed by atoms with Crippen molar-refractivity contribution in [2.75, 3.05) is 13.1 Å². The Bertz CT molecular complexity index is 249. The van der Waals surface area contributed by atoms with Gasteiger partial charge < -0.3 is 10.2 Å². The molecule has 1 atom stereocenters. The van der Waals surface area contributed by atoms with Crippen LogP contribution in [0, 0.1) is 5.92 Å². The third kappa shape index (κ3) is 3.62. The largest absolute Gasteiger partial charge is 0.338 e. The number of amides is 2. The second-order valence-corrected chi connectivity index (χ2v) is 5.73. The van der Waals surface area contributed by atoms with E-state index in [-0.39, 0.29) is 6.03 Å². The predicted molar refractivity (Wildman–Crippen MR) is 70.0 cm³/mol. The molecule has 1 heterocycles. The summed E-state index contributed by atoms with van der Waals surface area (Å²) < 4.78 is 0. The molecule has 2 amide bonds. The molecule has 1 aliphatic heterocycles. The van der Waals surface area contributed by atoms with Crippen LogP contribution >= 0.6 is 0 Å². The Balaban J connectivity index is 1.72. The van der Waals surface area contributed by atoms with E-state index in [1.807, 2.05) is 4.90 Å². The number of carbonyl (C=O) groups excluding carboxylic acids is 1. The first-order valence-electron chi connectivity index (χ1n) is 7.32. The summed E-state index contributed by atoms with van der Waals surface area (Å²) in [7, 11) is 0. The van der Waals surface area contributed by atoms with Crippen molar-refractivity contribution in [1.29, 1.82) is 0 Å². The molecule has 2 aliphatic rings. The van der Waals surface area contributed by atoms with E-state index in [4.69, 9.17) is 0 Å². The maximum absolute atomic E-state index is 12.1. The number of hydrogen-bond acceptors (Lipinski definition) is 1. The first-order chi connectivity index (χ1) is 8.27. The van der Waals surface area contributed by atoms with Crippen LogP contribution in [0.5, 0.6) is 0 Å². The van der Waals surface area contributed by atoms with Crippen molar-refractivity contribution in [3.63, 3.8) is 0 Å². The maximum atomic E-state index is 12.1. The first-order valence-corrected chi connectivity index (χ1v) is 7.32. The summed E-state index contributed by atoms with van der Waals surface area (Å²) in [5, 5.41) is 3.14. The van der Waals surface area contributed by atoms with Crippen molar-refractivity contribution >= 4 is 6.03 Å². The summed E-state index contributed by atoms with van der Waals surface area (Å²) in [6.45, 7) is 4.00. The van der Waals surface area contributed by atoms with E-state index in [1.165, 1.54) is 44.9 Å². The van der Waals surface area contributed by atoms with Gasteiger partial charge in [-0.05, 0) is 44.9 Å². The zero-order valence-electron chi connectivity index (χ0n) is 11.1. The number of nitrogens with one attached hydrogen (secondary N) is 1. The molecular formula is C14H26N2O. The third-order valence-corrected chi connectivity index (χ3v) is 4.33. The highest BCUT2D eigenvalue weighted by Crippen LogP contribution is 2.23. The van der Waals surface area contributed by atoms with Crippen LogP contribution in [0.2, 0.25) is 0 Å². The standard InChI is InChI=1S/C14H26N2O/c1-12-7-5-6-10-16(12)14(17)15-11-13-8-3-2-4-9-13/h12-13H,2-11H2,1H3,(H,15,17). The van der Waals surface area contributed by atoms with Crippen LogP contribution < -0.4 is 5.32 Å². The molecule has 3 heteroatoms. The number of carbonyl (C=O) groups is 1. The highest BCUT2D eigenvalue weighted by molar-refractivity contribution is 5.74. The lowest BCUT2D eigenvalue weighted by molar-refractivity contribution is 0.155. The van der Waals surface area contributed by atoms with Gasteiger partial charge in [-0.2, -0.15) is 0 Å². The molecule has 0 spiro atoms. The molecule has 3 nitrogen and oxygen atoms in total. The molecule has 0 aromatic carbocycles. The van der Waals surface area contributed by atoms with E-state index in [0.717, 1.165) is 25.4 Å². The summed E-state index contributed by atoms with van der Waals surface area (Å²) in [5.41, 5.74) is 0. The number of urea groups is 1. The zero-order valence-corrected chi connectivity index (χ0v) is 11.1. The first kappa shape index (κ1) is 12.7. The van der Waals surface area contributed by atoms with Gasteiger partial charge in [-0.15, -0.1) is 0 Å². The molecule has 0 aromatic rings. The zero-order chi connectivity index (χ0) is 12.1. The van der Waals surface area contributed by atoms with Crippen molar-refractivity contribution in [3.05, 3.63) is 0 Å². The van der Waals surface area contributed by atoms with Crippen molar-refractivity contribution < 1.29 is 4.79 Å². The van der Waals surface area contributed by atoms with E-state index in [9.17, 15) is 4.79 Å². The topological polar surface area (TPSA) is 32.3 Å². The van der Waals surface area contributed by atoms with Gasteiger partial charge in [0.25, 0.3) is 0 Å². The molecule has 1 aliphatic carbocycles. The summed E-state index contributed by atoms with van der Waals surface area (Å²) in [5.74, 6) is 0.729. The molecule has 17 heavy (non-hydrogen) atoms. The van der Waals surface area contributed by atoms with E-state index in [0.29, 0.717) is 6.04 Å². The van der Waals surface area contributed by atoms with Crippen molar-refractivity contribution in [3.8, 4) is 0 Å². The number of piperidine rings is 1. The van der Waals surface area contributed by atoms with Crippen LogP contribution in [-0.2, 0) is 0 Å². The number of hydrogen-bond donors (Lipinski definition) is 1. The number of likely N-dealkylation sites (tertiary alicyclic amines) is 1.